The largest absolute Gasteiger partial charge is 0.486 e. The lowest BCUT2D eigenvalue weighted by molar-refractivity contribution is -0.137. The number of nitrogens with zero attached hydrogens (tertiary/aromatic N) is 8. The summed E-state index contributed by atoms with van der Waals surface area (Å²) in [5.41, 5.74) is 9.44. The van der Waals surface area contributed by atoms with Gasteiger partial charge < -0.3 is 23.9 Å². The van der Waals surface area contributed by atoms with Crippen molar-refractivity contribution in [3.63, 3.8) is 0 Å². The van der Waals surface area contributed by atoms with Crippen LogP contribution in [-0.4, -0.2) is 84.5 Å². The monoisotopic (exact) mass is 928 g/mol. The first-order valence-electron chi connectivity index (χ1n) is 21.3. The summed E-state index contributed by atoms with van der Waals surface area (Å²) < 4.78 is 10.3. The van der Waals surface area contributed by atoms with Gasteiger partial charge in [0.1, 0.15) is 24.0 Å². The number of rotatable bonds is 20. The van der Waals surface area contributed by atoms with E-state index in [0.29, 0.717) is 43.3 Å². The van der Waals surface area contributed by atoms with Gasteiger partial charge in [-0.2, -0.15) is 17.0 Å². The molecule has 1 unspecified atom stereocenters. The second-order valence-corrected chi connectivity index (χ2v) is 18.5. The Labute approximate surface area is 389 Å². The highest BCUT2D eigenvalue weighted by atomic mass is 32.2. The molecule has 334 valence electrons. The summed E-state index contributed by atoms with van der Waals surface area (Å²) >= 11 is 8.54. The van der Waals surface area contributed by atoms with Gasteiger partial charge in [0.15, 0.2) is 0 Å². The molecule has 1 atom stereocenters. The topological polar surface area (TPSA) is 186 Å². The number of anilines is 1. The van der Waals surface area contributed by atoms with Crippen molar-refractivity contribution in [2.24, 2.45) is 7.05 Å². The molecule has 1 saturated heterocycles. The zero-order valence-corrected chi connectivity index (χ0v) is 38.6. The zero-order chi connectivity index (χ0) is 45.5. The fourth-order valence-corrected chi connectivity index (χ4v) is 9.88. The van der Waals surface area contributed by atoms with Crippen LogP contribution in [0.4, 0.5) is 10.5 Å². The normalized spacial score (nSPS) is 13.7. The summed E-state index contributed by atoms with van der Waals surface area (Å²) in [4.78, 5) is 48.3. The van der Waals surface area contributed by atoms with E-state index in [-0.39, 0.29) is 24.2 Å². The third-order valence-electron chi connectivity index (χ3n) is 11.2. The van der Waals surface area contributed by atoms with Crippen molar-refractivity contribution >= 4 is 74.6 Å². The molecule has 0 saturated carbocycles. The van der Waals surface area contributed by atoms with Crippen LogP contribution in [-0.2, 0) is 54.8 Å². The van der Waals surface area contributed by atoms with Gasteiger partial charge in [0.25, 0.3) is 5.24 Å². The number of imide groups is 1. The number of imidazole rings is 2. The maximum atomic E-state index is 12.0. The van der Waals surface area contributed by atoms with E-state index in [0.717, 1.165) is 103 Å². The molecule has 3 aromatic heterocycles. The molecule has 0 aliphatic carbocycles. The van der Waals surface area contributed by atoms with Gasteiger partial charge in [0.2, 0.25) is 11.7 Å². The van der Waals surface area contributed by atoms with Crippen LogP contribution in [0, 0.1) is 0 Å². The number of carboxylic acid groups (broad SMARTS) is 1. The molecular weight excluding hydrogens is 881 g/mol. The van der Waals surface area contributed by atoms with Crippen LogP contribution in [0.1, 0.15) is 60.9 Å². The first-order chi connectivity index (χ1) is 31.5. The Hall–Kier alpha value is -6.37. The number of H-pyrrole nitrogens is 1. The molecule has 15 nitrogen and oxygen atoms in total. The highest BCUT2D eigenvalue weighted by Gasteiger charge is 2.31. The lowest BCUT2D eigenvalue weighted by atomic mass is 9.97. The van der Waals surface area contributed by atoms with Gasteiger partial charge in [0, 0.05) is 61.4 Å². The summed E-state index contributed by atoms with van der Waals surface area (Å²) in [6.45, 7) is 5.49. The fourth-order valence-electron chi connectivity index (χ4n) is 7.95. The van der Waals surface area contributed by atoms with E-state index in [2.05, 4.69) is 78.7 Å². The fraction of sp³-hybridized carbons (Fsp3) is 0.298. The maximum Gasteiger partial charge on any atom is 0.303 e. The van der Waals surface area contributed by atoms with Crippen molar-refractivity contribution in [2.75, 3.05) is 17.2 Å². The number of carboxylic acids is 1. The molecule has 7 aromatic rings. The average molecular weight is 929 g/mol. The third kappa shape index (κ3) is 10.8. The Kier molecular flexibility index (Phi) is 14.4. The van der Waals surface area contributed by atoms with E-state index in [9.17, 15) is 19.5 Å². The number of aliphatic carboxylic acids is 1. The standard InChI is InChI=1S/C47H48N10O5S3/c1-4-8-42-49-38(39(19-20-44(58)59)57(42)26-31-13-17-35(32-9-6-5-7-10-32)36(23-31)45-51-53-54-52-45)28-64-22-21-56(29(2)63)33-14-18-37-40(25-33)55(3)43(48-37)27-62-34-15-11-30(12-16-34)24-41-46(60)50-47(61)65-41/h5-7,9-18,23,25,41H,4,8,19-22,24,26-28H2,1-3H3,(H,58,59)(H,50,60,61)(H,51,52,53,54). The number of benzene rings is 4. The number of thiocarbonyl (C=S) groups is 1. The highest BCUT2D eigenvalue weighted by molar-refractivity contribution is 8.15. The predicted octanol–water partition coefficient (Wildman–Crippen LogP) is 8.20. The number of hydrogen-bond donors (Lipinski definition) is 3. The minimum Gasteiger partial charge on any atom is -0.486 e. The van der Waals surface area contributed by atoms with E-state index in [1.807, 2.05) is 73.1 Å². The van der Waals surface area contributed by atoms with Crippen LogP contribution < -0.4 is 15.0 Å². The third-order valence-corrected chi connectivity index (χ3v) is 13.4. The van der Waals surface area contributed by atoms with E-state index >= 15 is 0 Å². The molecule has 3 N–H and O–H groups in total. The Morgan fingerprint density at radius 3 is 2.48 bits per heavy atom. The number of fused-ring (bicyclic) bond motifs is 1. The quantitative estimate of drug-likeness (QED) is 0.0491. The Morgan fingerprint density at radius 1 is 0.969 bits per heavy atom. The average Bonchev–Trinajstić information content (AvgIpc) is 4.09. The molecule has 65 heavy (non-hydrogen) atoms. The molecule has 18 heteroatoms. The van der Waals surface area contributed by atoms with Gasteiger partial charge in [-0.25, -0.2) is 9.97 Å². The summed E-state index contributed by atoms with van der Waals surface area (Å²) in [5, 5.41) is 26.4. The lowest BCUT2D eigenvalue weighted by Crippen LogP contribution is -2.29. The van der Waals surface area contributed by atoms with Crippen LogP contribution in [0.2, 0.25) is 0 Å². The van der Waals surface area contributed by atoms with Crippen LogP contribution in [0.15, 0.2) is 91.0 Å². The number of nitrogens with one attached hydrogen (secondary N) is 2. The number of amides is 2. The van der Waals surface area contributed by atoms with Gasteiger partial charge in [-0.15, -0.1) is 10.2 Å². The summed E-state index contributed by atoms with van der Waals surface area (Å²) in [7, 11) is 1.97. The van der Waals surface area contributed by atoms with Crippen molar-refractivity contribution < 1.29 is 24.2 Å². The minimum atomic E-state index is -0.851. The van der Waals surface area contributed by atoms with E-state index in [1.54, 1.807) is 11.8 Å². The molecule has 4 heterocycles. The van der Waals surface area contributed by atoms with Crippen molar-refractivity contribution in [3.05, 3.63) is 125 Å². The molecular formula is C47H48N10O5S3. The summed E-state index contributed by atoms with van der Waals surface area (Å²) in [6.07, 6.45) is 2.47. The van der Waals surface area contributed by atoms with Gasteiger partial charge in [-0.3, -0.25) is 19.7 Å². The number of ether oxygens (including phenoxy) is 1. The molecule has 0 spiro atoms. The van der Waals surface area contributed by atoms with Gasteiger partial charge >= 0.3 is 5.97 Å². The number of aromatic nitrogens is 8. The number of tetrazole rings is 1. The maximum absolute atomic E-state index is 12.0. The number of aryl methyl sites for hydroxylation is 2. The Bertz CT molecular complexity index is 2830. The second kappa shape index (κ2) is 20.6. The minimum absolute atomic E-state index is 0.00184. The molecule has 0 radical (unpaired) electrons. The van der Waals surface area contributed by atoms with Crippen LogP contribution in [0.3, 0.4) is 0 Å². The molecule has 2 amide bonds. The Morgan fingerprint density at radius 2 is 1.77 bits per heavy atom. The van der Waals surface area contributed by atoms with Crippen LogP contribution in [0.25, 0.3) is 33.5 Å². The molecule has 1 aliphatic rings. The van der Waals surface area contributed by atoms with Gasteiger partial charge in [-0.05, 0) is 83.6 Å². The molecule has 8 rings (SSSR count). The first kappa shape index (κ1) is 45.2. The van der Waals surface area contributed by atoms with Gasteiger partial charge in [0.05, 0.1) is 33.4 Å². The number of carbonyl (C=O) groups is 3. The molecule has 1 aliphatic heterocycles. The first-order valence-corrected chi connectivity index (χ1v) is 23.7. The molecule has 0 bridgehead atoms. The highest BCUT2D eigenvalue weighted by Crippen LogP contribution is 2.33. The Balaban J connectivity index is 0.942. The van der Waals surface area contributed by atoms with Gasteiger partial charge in [-0.1, -0.05) is 85.5 Å². The van der Waals surface area contributed by atoms with E-state index in [1.165, 1.54) is 0 Å². The summed E-state index contributed by atoms with van der Waals surface area (Å²) in [5.74, 6) is 3.14. The molecule has 1 fully saturated rings. The van der Waals surface area contributed by atoms with Crippen molar-refractivity contribution in [1.29, 1.82) is 0 Å². The number of thioether (sulfide) groups is 2. The van der Waals surface area contributed by atoms with E-state index in [4.69, 9.17) is 26.9 Å². The van der Waals surface area contributed by atoms with Crippen molar-refractivity contribution in [3.8, 4) is 28.3 Å². The van der Waals surface area contributed by atoms with Crippen LogP contribution in [0.5, 0.6) is 5.75 Å². The molecule has 4 aromatic carbocycles. The van der Waals surface area contributed by atoms with Crippen LogP contribution >= 0.6 is 35.7 Å². The van der Waals surface area contributed by atoms with Crippen molar-refractivity contribution in [1.82, 2.24) is 45.0 Å². The van der Waals surface area contributed by atoms with Crippen molar-refractivity contribution in [2.45, 2.75) is 70.1 Å². The smallest absolute Gasteiger partial charge is 0.303 e. The predicted molar refractivity (Wildman–Crippen MR) is 258 cm³/mol. The van der Waals surface area contributed by atoms with E-state index < -0.39 is 11.2 Å². The summed E-state index contributed by atoms with van der Waals surface area (Å²) in [6, 6.07) is 30.0. The SMILES string of the molecule is CCCc1nc(CSCCN(C(C)=S)c2ccc3nc(COc4ccc(CC5SC(=O)NC5=O)cc4)n(C)c3c2)c(CCC(=O)O)n1Cc1ccc(-c2ccccc2)c(-c2nn[nH]n2)c1. The zero-order valence-electron chi connectivity index (χ0n) is 36.2. The lowest BCUT2D eigenvalue weighted by Gasteiger charge is -2.23. The number of carbonyl (C=O) groups excluding carboxylic acids is 2. The second-order valence-electron chi connectivity index (χ2n) is 15.6. The number of aromatic amines is 1. The number of hydrogen-bond acceptors (Lipinski definition) is 12.